The van der Waals surface area contributed by atoms with Gasteiger partial charge in [-0.15, -0.1) is 0 Å². The lowest BCUT2D eigenvalue weighted by molar-refractivity contribution is -0.182. The zero-order chi connectivity index (χ0) is 19.1. The zero-order valence-electron chi connectivity index (χ0n) is 15.7. The summed E-state index contributed by atoms with van der Waals surface area (Å²) >= 11 is 0. The molecule has 0 saturated heterocycles. The van der Waals surface area contributed by atoms with Crippen LogP contribution in [0.4, 0.5) is 0 Å². The molecule has 0 aliphatic heterocycles. The Balaban J connectivity index is 1.77. The Morgan fingerprint density at radius 3 is 2.46 bits per heavy atom. The zero-order valence-corrected chi connectivity index (χ0v) is 15.7. The average Bonchev–Trinajstić information content (AvgIpc) is 2.83. The van der Waals surface area contributed by atoms with Crippen LogP contribution in [0.1, 0.15) is 59.3 Å². The topological polar surface area (TPSA) is 91.7 Å². The summed E-state index contributed by atoms with van der Waals surface area (Å²) in [4.78, 5) is 36.8. The molecule has 2 N–H and O–H groups in total. The molecule has 4 rings (SSSR count). The summed E-state index contributed by atoms with van der Waals surface area (Å²) in [6, 6.07) is 0. The van der Waals surface area contributed by atoms with E-state index in [9.17, 15) is 24.6 Å². The van der Waals surface area contributed by atoms with Crippen molar-refractivity contribution >= 4 is 17.5 Å². The van der Waals surface area contributed by atoms with Gasteiger partial charge in [0, 0.05) is 5.41 Å². The smallest absolute Gasteiger partial charge is 0.336 e. The summed E-state index contributed by atoms with van der Waals surface area (Å²) in [5.74, 6) is -0.581. The lowest BCUT2D eigenvalue weighted by atomic mass is 9.44. The molecule has 0 aromatic carbocycles. The number of aliphatic hydroxyl groups is 1. The Labute approximate surface area is 153 Å². The highest BCUT2D eigenvalue weighted by Gasteiger charge is 2.68. The first-order chi connectivity index (χ1) is 12.1. The van der Waals surface area contributed by atoms with Crippen LogP contribution in [0.15, 0.2) is 11.6 Å². The Morgan fingerprint density at radius 2 is 1.81 bits per heavy atom. The highest BCUT2D eigenvalue weighted by Crippen LogP contribution is 2.67. The van der Waals surface area contributed by atoms with Crippen LogP contribution < -0.4 is 0 Å². The second-order valence-corrected chi connectivity index (χ2v) is 9.54. The molecule has 3 fully saturated rings. The lowest BCUT2D eigenvalue weighted by Gasteiger charge is -2.59. The summed E-state index contributed by atoms with van der Waals surface area (Å²) in [5, 5.41) is 20.6. The van der Waals surface area contributed by atoms with Crippen LogP contribution >= 0.6 is 0 Å². The van der Waals surface area contributed by atoms with E-state index >= 15 is 0 Å². The second-order valence-electron chi connectivity index (χ2n) is 9.54. The third-order valence-corrected chi connectivity index (χ3v) is 8.67. The number of ketones is 2. The summed E-state index contributed by atoms with van der Waals surface area (Å²) < 4.78 is 0. The van der Waals surface area contributed by atoms with Gasteiger partial charge in [-0.25, -0.2) is 4.79 Å². The third-order valence-electron chi connectivity index (χ3n) is 8.67. The molecule has 5 heteroatoms. The number of carboxylic acid groups (broad SMARTS) is 1. The Morgan fingerprint density at radius 1 is 1.15 bits per heavy atom. The van der Waals surface area contributed by atoms with Gasteiger partial charge in [0.05, 0.1) is 11.8 Å². The van der Waals surface area contributed by atoms with Crippen LogP contribution in [0.2, 0.25) is 0 Å². The summed E-state index contributed by atoms with van der Waals surface area (Å²) in [6.07, 6.45) is 4.87. The minimum atomic E-state index is -1.67. The molecular weight excluding hydrogens is 332 g/mol. The highest BCUT2D eigenvalue weighted by atomic mass is 16.4. The molecule has 0 heterocycles. The maximum Gasteiger partial charge on any atom is 0.336 e. The predicted octanol–water partition coefficient (Wildman–Crippen LogP) is 2.76. The molecule has 0 radical (unpaired) electrons. The number of carbonyl (C=O) groups is 3. The van der Waals surface area contributed by atoms with Crippen molar-refractivity contribution < 1.29 is 24.6 Å². The number of hydrogen-bond acceptors (Lipinski definition) is 4. The van der Waals surface area contributed by atoms with Crippen LogP contribution in [0.5, 0.6) is 0 Å². The number of hydrogen-bond donors (Lipinski definition) is 2. The first-order valence-electron chi connectivity index (χ1n) is 9.79. The van der Waals surface area contributed by atoms with E-state index in [4.69, 9.17) is 0 Å². The van der Waals surface area contributed by atoms with Gasteiger partial charge in [-0.3, -0.25) is 9.59 Å². The quantitative estimate of drug-likeness (QED) is 0.702. The molecule has 3 saturated carbocycles. The van der Waals surface area contributed by atoms with Gasteiger partial charge in [-0.1, -0.05) is 19.4 Å². The van der Waals surface area contributed by atoms with Gasteiger partial charge in [0.25, 0.3) is 0 Å². The van der Waals surface area contributed by atoms with Gasteiger partial charge in [-0.2, -0.15) is 0 Å². The van der Waals surface area contributed by atoms with E-state index in [0.717, 1.165) is 18.4 Å². The first kappa shape index (κ1) is 17.9. The molecule has 5 nitrogen and oxygen atoms in total. The van der Waals surface area contributed by atoms with Crippen LogP contribution in [0, 0.1) is 34.5 Å². The number of Topliss-reactive ketones (excluding diaryl/α,β-unsaturated/α-hetero) is 1. The van der Waals surface area contributed by atoms with Gasteiger partial charge >= 0.3 is 5.97 Å². The van der Waals surface area contributed by atoms with Gasteiger partial charge in [0.15, 0.2) is 17.2 Å². The average molecular weight is 360 g/mol. The number of aliphatic carboxylic acids is 1. The van der Waals surface area contributed by atoms with Crippen molar-refractivity contribution in [2.45, 2.75) is 64.9 Å². The largest absolute Gasteiger partial charge is 0.479 e. The Hall–Kier alpha value is -1.49. The van der Waals surface area contributed by atoms with E-state index in [0.29, 0.717) is 12.8 Å². The molecule has 4 aliphatic carbocycles. The number of rotatable bonds is 1. The van der Waals surface area contributed by atoms with Gasteiger partial charge in [-0.05, 0) is 68.8 Å². The van der Waals surface area contributed by atoms with Crippen molar-refractivity contribution in [3.63, 3.8) is 0 Å². The number of allylic oxidation sites excluding steroid dienone is 1. The van der Waals surface area contributed by atoms with Gasteiger partial charge < -0.3 is 10.2 Å². The SMILES string of the molecule is CC1C[C@@H]2[C@H](CC[C@@]3(C)[C@H]2CCC3(O)C(=O)O)[C@@]2(C)C(=O)CC(=O)C=C12. The molecule has 0 bridgehead atoms. The standard InChI is InChI=1S/C21H28O5/c1-11-8-13-14-5-7-21(26,18(24)25)19(14,2)6-4-15(13)20(3)16(11)9-12(22)10-17(20)23/h9,11,13-15,26H,4-8,10H2,1-3H3,(H,24,25)/t11?,13-,14-,15-,19-,20+,21?/m0/s1. The van der Waals surface area contributed by atoms with E-state index < -0.39 is 22.4 Å². The van der Waals surface area contributed by atoms with Crippen molar-refractivity contribution in [1.82, 2.24) is 0 Å². The van der Waals surface area contributed by atoms with Crippen molar-refractivity contribution in [2.24, 2.45) is 34.5 Å². The maximum atomic E-state index is 13.0. The first-order valence-corrected chi connectivity index (χ1v) is 9.79. The minimum absolute atomic E-state index is 0.0169. The molecule has 0 amide bonds. The van der Waals surface area contributed by atoms with Crippen molar-refractivity contribution in [2.75, 3.05) is 0 Å². The molecule has 26 heavy (non-hydrogen) atoms. The monoisotopic (exact) mass is 360 g/mol. The molecule has 142 valence electrons. The summed E-state index contributed by atoms with van der Waals surface area (Å²) in [5.41, 5.74) is -1.95. The van der Waals surface area contributed by atoms with Crippen LogP contribution in [0.25, 0.3) is 0 Å². The fourth-order valence-electron chi connectivity index (χ4n) is 7.19. The van der Waals surface area contributed by atoms with E-state index in [1.165, 1.54) is 0 Å². The third kappa shape index (κ3) is 1.93. The number of carboxylic acids is 1. The predicted molar refractivity (Wildman–Crippen MR) is 94.2 cm³/mol. The fraction of sp³-hybridized carbons (Fsp3) is 0.762. The summed E-state index contributed by atoms with van der Waals surface area (Å²) in [7, 11) is 0. The molecule has 0 spiro atoms. The van der Waals surface area contributed by atoms with Crippen LogP contribution in [-0.4, -0.2) is 33.3 Å². The van der Waals surface area contributed by atoms with E-state index in [1.54, 1.807) is 6.08 Å². The lowest BCUT2D eigenvalue weighted by Crippen LogP contribution is -2.59. The van der Waals surface area contributed by atoms with Gasteiger partial charge in [0.2, 0.25) is 0 Å². The molecule has 2 unspecified atom stereocenters. The van der Waals surface area contributed by atoms with Crippen LogP contribution in [-0.2, 0) is 14.4 Å². The molecule has 0 aromatic heterocycles. The molecule has 0 aromatic rings. The van der Waals surface area contributed by atoms with Crippen molar-refractivity contribution in [3.05, 3.63) is 11.6 Å². The number of carbonyl (C=O) groups excluding carboxylic acids is 2. The molecule has 7 atom stereocenters. The Bertz CT molecular complexity index is 739. The summed E-state index contributed by atoms with van der Waals surface area (Å²) in [6.45, 7) is 6.01. The van der Waals surface area contributed by atoms with E-state index in [-0.39, 0.29) is 48.1 Å². The van der Waals surface area contributed by atoms with E-state index in [2.05, 4.69) is 6.92 Å². The highest BCUT2D eigenvalue weighted by molar-refractivity contribution is 6.11. The van der Waals surface area contributed by atoms with Crippen molar-refractivity contribution in [3.8, 4) is 0 Å². The number of fused-ring (bicyclic) bond motifs is 5. The normalized spacial score (nSPS) is 50.5. The second kappa shape index (κ2) is 5.28. The Kier molecular flexibility index (Phi) is 3.63. The van der Waals surface area contributed by atoms with Crippen LogP contribution in [0.3, 0.4) is 0 Å². The van der Waals surface area contributed by atoms with Gasteiger partial charge in [0.1, 0.15) is 0 Å². The van der Waals surface area contributed by atoms with Crippen molar-refractivity contribution in [1.29, 1.82) is 0 Å². The van der Waals surface area contributed by atoms with E-state index in [1.807, 2.05) is 13.8 Å². The fourth-order valence-corrected chi connectivity index (χ4v) is 7.19. The molecule has 4 aliphatic rings. The maximum absolute atomic E-state index is 13.0. The minimum Gasteiger partial charge on any atom is -0.479 e. The molecular formula is C21H28O5.